The molecule has 4 heterocycles. The zero-order valence-electron chi connectivity index (χ0n) is 64.4. The van der Waals surface area contributed by atoms with E-state index in [1.54, 1.807) is 107 Å². The van der Waals surface area contributed by atoms with Crippen molar-refractivity contribution in [2.45, 2.75) is 145 Å². The number of H-pyrrole nitrogens is 2. The molecule has 7 aromatic carbocycles. The number of aromatic amines is 2. The van der Waals surface area contributed by atoms with Crippen molar-refractivity contribution >= 4 is 106 Å². The summed E-state index contributed by atoms with van der Waals surface area (Å²) in [6, 6.07) is 53.5. The first-order valence-corrected chi connectivity index (χ1v) is 33.9. The molecule has 0 saturated heterocycles. The number of aromatic carboxylic acids is 1. The lowest BCUT2D eigenvalue weighted by atomic mass is 9.97. The second-order valence-electron chi connectivity index (χ2n) is 18.8. The van der Waals surface area contributed by atoms with Crippen LogP contribution in [0.2, 0.25) is 5.15 Å². The number of hydrogen-bond acceptors (Lipinski definition) is 11. The number of carboxylic acid groups (broad SMARTS) is 1. The van der Waals surface area contributed by atoms with E-state index in [2.05, 4.69) is 25.3 Å². The molecular weight excluding hydrogens is 1460 g/mol. The summed E-state index contributed by atoms with van der Waals surface area (Å²) in [6.07, 6.45) is 5.70. The van der Waals surface area contributed by atoms with Gasteiger partial charge in [-0.1, -0.05) is 257 Å². The third-order valence-corrected chi connectivity index (χ3v) is 13.0. The van der Waals surface area contributed by atoms with Crippen molar-refractivity contribution in [3.8, 4) is 11.5 Å². The van der Waals surface area contributed by atoms with Gasteiger partial charge in [-0.2, -0.15) is 4.99 Å². The molecule has 3 amide bonds. The summed E-state index contributed by atoms with van der Waals surface area (Å²) in [7, 11) is 10.0. The van der Waals surface area contributed by atoms with E-state index in [9.17, 15) is 28.8 Å². The molecule has 10 aromatic rings. The molecule has 22 heteroatoms. The molecule has 1 aliphatic heterocycles. The van der Waals surface area contributed by atoms with Gasteiger partial charge in [0.15, 0.2) is 6.23 Å². The molecule has 105 heavy (non-hydrogen) atoms. The number of halogens is 3. The number of carboxylic acids is 1. The molecule has 0 saturated carbocycles. The molecule has 0 fully saturated rings. The van der Waals surface area contributed by atoms with Gasteiger partial charge in [0.1, 0.15) is 22.8 Å². The normalized spacial score (nSPS) is 10.7. The van der Waals surface area contributed by atoms with Gasteiger partial charge in [0.2, 0.25) is 5.91 Å². The zero-order chi connectivity index (χ0) is 76.7. The zero-order valence-corrected chi connectivity index (χ0v) is 67.5. The van der Waals surface area contributed by atoms with E-state index in [0.717, 1.165) is 54.9 Å². The third kappa shape index (κ3) is 38.7. The van der Waals surface area contributed by atoms with Crippen LogP contribution in [-0.4, -0.2) is 112 Å². The molecule has 2 unspecified atom stereocenters. The summed E-state index contributed by atoms with van der Waals surface area (Å²) < 4.78 is 20.8. The number of amides is 3. The molecule has 6 N–H and O–H groups in total. The van der Waals surface area contributed by atoms with Crippen LogP contribution in [0.1, 0.15) is 182 Å². The van der Waals surface area contributed by atoms with Crippen molar-refractivity contribution in [2.24, 2.45) is 10.7 Å². The number of fused-ring (bicyclic) bond motifs is 4. The Balaban J connectivity index is -0.000000168. The monoisotopic (exact) mass is 1580 g/mol. The van der Waals surface area contributed by atoms with Crippen LogP contribution in [0.15, 0.2) is 209 Å². The standard InChI is InChI=1S/C11H14N2O.C11H13NO3.C10H8ClNO.C10H9NO2.C9H7NO.C8H9NO.C8H8O2.7C2H6.2CH4.B.FH.HI/c1-9-6-4-5-7-10(9)11(14)12-8-13(2)3;1-14-9-7-5-3-4-6-8(7)10(13)12-11(9)15-2;1-13-9-6-12-10(11)8-5-3-2-4-7(8)9;1-13-9-6-11-10(12)8-5-3-2-4-7(8)9;11-9-8-4-2-1-3-7(8)5-6-10-9;2*1-6-4-2-3-5-7(6)8(9)10;7*1-2;;;;;/h4-8H,1-3H3;3-6,9,11H,1-2H3,(H,12,13);2-6H,1H3;2-6H,1H3,(H,11,12);1-6H,(H,10,11);2-5H,1H3,(H2,9,10);2-5H,1H3,(H,9,10);7*1-2H3;2*1H4;;2*1H. The fraction of sp³-hybridized carbons (Fsp3) is 0.325. The number of hydrogen-bond donors (Lipinski definition) is 5. The van der Waals surface area contributed by atoms with E-state index >= 15 is 0 Å². The highest BCUT2D eigenvalue weighted by atomic mass is 127. The SMILES string of the molecule is C.C.CC.CC.CC.CC.CC.CC.CC.COC1NC(=O)c2ccccc2C1OC.COc1c[nH]c(=O)c2ccccc12.COc1cnc(Cl)c2ccccc12.Cc1ccccc1C(=O)N=CN(C)C.Cc1ccccc1C(=O)O.Cc1ccccc1C(N)=O.F.I.O=c1[nH]ccc2ccccc12.[B]. The number of aliphatic imine (C=N–C) groups is 1. The molecule has 3 aromatic heterocycles. The topological polar surface area (TPSA) is 258 Å². The van der Waals surface area contributed by atoms with E-state index < -0.39 is 12.2 Å². The lowest BCUT2D eigenvalue weighted by Crippen LogP contribution is -2.46. The first-order chi connectivity index (χ1) is 48.3. The van der Waals surface area contributed by atoms with Crippen LogP contribution < -0.4 is 31.6 Å². The number of pyridine rings is 3. The number of methoxy groups -OCH3 is 4. The fourth-order valence-electron chi connectivity index (χ4n) is 8.32. The average molecular weight is 1580 g/mol. The largest absolute Gasteiger partial charge is 0.495 e. The number of carbonyl (C=O) groups excluding carboxylic acids is 3. The van der Waals surface area contributed by atoms with Crippen LogP contribution in [0, 0.1) is 20.8 Å². The van der Waals surface area contributed by atoms with Crippen molar-refractivity contribution in [2.75, 3.05) is 42.5 Å². The van der Waals surface area contributed by atoms with Gasteiger partial charge in [0, 0.05) is 87.4 Å². The van der Waals surface area contributed by atoms with Crippen molar-refractivity contribution in [3.05, 3.63) is 265 Å². The smallest absolute Gasteiger partial charge is 0.335 e. The van der Waals surface area contributed by atoms with Crippen molar-refractivity contribution in [1.29, 1.82) is 0 Å². The number of nitrogens with two attached hydrogens (primary N) is 1. The number of benzene rings is 7. The Morgan fingerprint density at radius 1 is 0.533 bits per heavy atom. The van der Waals surface area contributed by atoms with E-state index in [1.165, 1.54) is 6.34 Å². The second kappa shape index (κ2) is 67.6. The Hall–Kier alpha value is -9.55. The second-order valence-corrected chi connectivity index (χ2v) is 19.1. The minimum atomic E-state index is -0.863. The van der Waals surface area contributed by atoms with Gasteiger partial charge >= 0.3 is 5.97 Å². The summed E-state index contributed by atoms with van der Waals surface area (Å²) >= 11 is 5.92. The highest BCUT2D eigenvalue weighted by molar-refractivity contribution is 14.0. The lowest BCUT2D eigenvalue weighted by molar-refractivity contribution is -0.0551. The van der Waals surface area contributed by atoms with Crippen LogP contribution in [0.3, 0.4) is 0 Å². The van der Waals surface area contributed by atoms with Crippen molar-refractivity contribution in [3.63, 3.8) is 0 Å². The predicted octanol–water partition coefficient (Wildman–Crippen LogP) is 20.4. The number of aromatic nitrogens is 3. The summed E-state index contributed by atoms with van der Waals surface area (Å²) in [5, 5.41) is 16.9. The molecule has 2 atom stereocenters. The maximum atomic E-state index is 11.7. The van der Waals surface area contributed by atoms with Gasteiger partial charge in [-0.15, -0.1) is 24.0 Å². The Morgan fingerprint density at radius 3 is 1.35 bits per heavy atom. The van der Waals surface area contributed by atoms with Crippen LogP contribution in [0.4, 0.5) is 4.70 Å². The number of primary amides is 1. The molecular formula is C83H120BClFIN7O11. The van der Waals surface area contributed by atoms with E-state index in [4.69, 9.17) is 41.4 Å². The average Bonchev–Trinajstić information content (AvgIpc) is 0.800. The van der Waals surface area contributed by atoms with E-state index in [-0.39, 0.29) is 86.9 Å². The number of rotatable bonds is 8. The summed E-state index contributed by atoms with van der Waals surface area (Å²) in [4.78, 5) is 81.5. The number of ether oxygens (including phenoxy) is 4. The number of nitrogens with zero attached hydrogens (tertiary/aromatic N) is 3. The van der Waals surface area contributed by atoms with Crippen LogP contribution >= 0.6 is 35.6 Å². The minimum absolute atomic E-state index is 0. The molecule has 0 aliphatic carbocycles. The number of nitrogens with one attached hydrogen (secondary N) is 3. The van der Waals surface area contributed by atoms with Crippen molar-refractivity contribution < 1.29 is 47.9 Å². The quantitative estimate of drug-likeness (QED) is 0.0312. The lowest BCUT2D eigenvalue weighted by Gasteiger charge is -2.31. The van der Waals surface area contributed by atoms with Crippen LogP contribution in [-0.2, 0) is 9.47 Å². The first kappa shape index (κ1) is 111. The summed E-state index contributed by atoms with van der Waals surface area (Å²) in [5.41, 5.74) is 10.8. The van der Waals surface area contributed by atoms with Crippen LogP contribution in [0.5, 0.6) is 11.5 Å². The Kier molecular flexibility index (Phi) is 71.7. The fourth-order valence-corrected chi connectivity index (χ4v) is 8.54. The molecule has 11 rings (SSSR count). The predicted molar refractivity (Wildman–Crippen MR) is 456 cm³/mol. The number of aryl methyl sites for hydroxylation is 3. The first-order valence-electron chi connectivity index (χ1n) is 33.5. The van der Waals surface area contributed by atoms with E-state index in [1.807, 2.05) is 252 Å². The molecule has 0 spiro atoms. The highest BCUT2D eigenvalue weighted by Crippen LogP contribution is 2.30. The Labute approximate surface area is 649 Å². The molecule has 1 aliphatic rings. The van der Waals surface area contributed by atoms with Gasteiger partial charge in [-0.3, -0.25) is 28.7 Å². The Bertz CT molecular complexity index is 4020. The van der Waals surface area contributed by atoms with Gasteiger partial charge in [0.25, 0.3) is 22.9 Å². The number of carbonyl (C=O) groups is 4. The maximum absolute atomic E-state index is 11.7. The van der Waals surface area contributed by atoms with Crippen LogP contribution in [0.25, 0.3) is 32.3 Å². The minimum Gasteiger partial charge on any atom is -0.495 e. The highest BCUT2D eigenvalue weighted by Gasteiger charge is 2.33. The van der Waals surface area contributed by atoms with Gasteiger partial charge in [-0.25, -0.2) is 9.78 Å². The molecule has 3 radical (unpaired) electrons. The summed E-state index contributed by atoms with van der Waals surface area (Å²) in [5.74, 6) is -0.103. The van der Waals surface area contributed by atoms with Gasteiger partial charge in [-0.05, 0) is 90.9 Å². The Morgan fingerprint density at radius 2 is 0.933 bits per heavy atom. The van der Waals surface area contributed by atoms with Gasteiger partial charge < -0.3 is 50.0 Å². The van der Waals surface area contributed by atoms with E-state index in [0.29, 0.717) is 38.5 Å². The molecule has 0 bridgehead atoms. The molecule has 18 nitrogen and oxygen atoms in total. The van der Waals surface area contributed by atoms with Crippen molar-refractivity contribution in [1.82, 2.24) is 25.2 Å². The van der Waals surface area contributed by atoms with Gasteiger partial charge in [0.05, 0.1) is 37.7 Å². The maximum Gasteiger partial charge on any atom is 0.335 e. The summed E-state index contributed by atoms with van der Waals surface area (Å²) in [6.45, 7) is 33.5. The molecule has 577 valence electrons. The third-order valence-electron chi connectivity index (χ3n) is 12.7.